The molecule has 5 rings (SSSR count). The number of hydrogen-bond acceptors (Lipinski definition) is 7. The Morgan fingerprint density at radius 2 is 1.97 bits per heavy atom. The molecule has 0 radical (unpaired) electrons. The number of halogens is 1. The summed E-state index contributed by atoms with van der Waals surface area (Å²) in [5.41, 5.74) is 4.87. The van der Waals surface area contributed by atoms with Gasteiger partial charge in [0.25, 0.3) is 0 Å². The van der Waals surface area contributed by atoms with Gasteiger partial charge in [0, 0.05) is 42.5 Å². The summed E-state index contributed by atoms with van der Waals surface area (Å²) in [6.45, 7) is 9.80. The molecule has 1 aliphatic rings. The molecule has 1 saturated heterocycles. The van der Waals surface area contributed by atoms with Crippen molar-refractivity contribution in [2.45, 2.75) is 27.0 Å². The first kappa shape index (κ1) is 21.8. The summed E-state index contributed by atoms with van der Waals surface area (Å²) < 4.78 is 9.44. The zero-order valence-electron chi connectivity index (χ0n) is 18.7. The minimum Gasteiger partial charge on any atom is -0.387 e. The lowest BCUT2D eigenvalue weighted by Crippen LogP contribution is -2.38. The molecule has 1 aromatic carbocycles. The number of ether oxygens (including phenoxy) is 1. The highest BCUT2D eigenvalue weighted by Crippen LogP contribution is 2.27. The van der Waals surface area contributed by atoms with Crippen LogP contribution in [0.1, 0.15) is 22.6 Å². The molecule has 0 amide bonds. The molecule has 10 heteroatoms. The van der Waals surface area contributed by atoms with Crippen LogP contribution in [0.3, 0.4) is 0 Å². The molecule has 0 spiro atoms. The summed E-state index contributed by atoms with van der Waals surface area (Å²) >= 11 is 6.13. The Hall–Kier alpha value is -3.01. The number of fused-ring (bicyclic) bond motifs is 3. The molecular weight excluding hydrogens is 442 g/mol. The van der Waals surface area contributed by atoms with Gasteiger partial charge in [-0.2, -0.15) is 0 Å². The van der Waals surface area contributed by atoms with E-state index in [0.717, 1.165) is 61.6 Å². The molecule has 4 aromatic rings. The topological polar surface area (TPSA) is 82.1 Å². The van der Waals surface area contributed by atoms with E-state index >= 15 is 0 Å². The van der Waals surface area contributed by atoms with Gasteiger partial charge in [-0.3, -0.25) is 4.90 Å². The first-order chi connectivity index (χ1) is 16.1. The fourth-order valence-electron chi connectivity index (χ4n) is 4.14. The Labute approximate surface area is 196 Å². The standard InChI is InChI=1S/C23H26ClN7O2/c1-16-17(2)30(8-7-29-9-11-32-12-10-29)22-21(16)23-27-20(28-31(23)15-25-22)14-33-26-13-18-5-3-4-6-19(18)24/h3-6,13,15H,7-12,14H2,1-2H3/b26-13-. The van der Waals surface area contributed by atoms with Gasteiger partial charge in [-0.1, -0.05) is 35.0 Å². The number of benzene rings is 1. The zero-order valence-corrected chi connectivity index (χ0v) is 19.5. The Morgan fingerprint density at radius 1 is 1.15 bits per heavy atom. The van der Waals surface area contributed by atoms with Crippen LogP contribution in [0.4, 0.5) is 0 Å². The molecule has 4 heterocycles. The van der Waals surface area contributed by atoms with E-state index in [1.165, 1.54) is 11.3 Å². The smallest absolute Gasteiger partial charge is 0.192 e. The Morgan fingerprint density at radius 3 is 2.79 bits per heavy atom. The van der Waals surface area contributed by atoms with E-state index in [4.69, 9.17) is 31.1 Å². The van der Waals surface area contributed by atoms with Crippen molar-refractivity contribution in [2.75, 3.05) is 32.8 Å². The van der Waals surface area contributed by atoms with Crippen LogP contribution in [0.5, 0.6) is 0 Å². The Balaban J connectivity index is 1.35. The van der Waals surface area contributed by atoms with Crippen LogP contribution in [-0.2, 0) is 22.7 Å². The maximum atomic E-state index is 6.13. The van der Waals surface area contributed by atoms with Crippen molar-refractivity contribution < 1.29 is 9.57 Å². The summed E-state index contributed by atoms with van der Waals surface area (Å²) in [4.78, 5) is 17.3. The van der Waals surface area contributed by atoms with Gasteiger partial charge in [0.2, 0.25) is 0 Å². The van der Waals surface area contributed by atoms with Crippen molar-refractivity contribution in [3.63, 3.8) is 0 Å². The van der Waals surface area contributed by atoms with Crippen LogP contribution in [0.2, 0.25) is 5.02 Å². The highest BCUT2D eigenvalue weighted by Gasteiger charge is 2.19. The lowest BCUT2D eigenvalue weighted by Gasteiger charge is -2.26. The second-order valence-corrected chi connectivity index (χ2v) is 8.49. The van der Waals surface area contributed by atoms with Crippen molar-refractivity contribution in [3.8, 4) is 0 Å². The minimum atomic E-state index is 0.153. The van der Waals surface area contributed by atoms with Gasteiger partial charge in [0.05, 0.1) is 24.8 Å². The van der Waals surface area contributed by atoms with Crippen LogP contribution >= 0.6 is 11.6 Å². The molecule has 0 saturated carbocycles. The average molecular weight is 468 g/mol. The molecular formula is C23H26ClN7O2. The number of aryl methyl sites for hydroxylation is 1. The third-order valence-electron chi connectivity index (χ3n) is 6.10. The van der Waals surface area contributed by atoms with E-state index < -0.39 is 0 Å². The van der Waals surface area contributed by atoms with Gasteiger partial charge >= 0.3 is 0 Å². The lowest BCUT2D eigenvalue weighted by atomic mass is 10.2. The number of hydrogen-bond donors (Lipinski definition) is 0. The zero-order chi connectivity index (χ0) is 22.8. The Kier molecular flexibility index (Phi) is 6.26. The van der Waals surface area contributed by atoms with E-state index in [-0.39, 0.29) is 6.61 Å². The SMILES string of the molecule is Cc1c(C)n(CCN2CCOCC2)c2ncn3nc(CO/N=C\c4ccccc4Cl)nc3c12. The molecule has 0 bridgehead atoms. The second-order valence-electron chi connectivity index (χ2n) is 8.08. The third kappa shape index (κ3) is 4.44. The van der Waals surface area contributed by atoms with Crippen molar-refractivity contribution in [3.05, 3.63) is 58.3 Å². The minimum absolute atomic E-state index is 0.153. The predicted molar refractivity (Wildman–Crippen MR) is 127 cm³/mol. The summed E-state index contributed by atoms with van der Waals surface area (Å²) in [5, 5.41) is 10.2. The van der Waals surface area contributed by atoms with Gasteiger partial charge in [0.15, 0.2) is 18.1 Å². The first-order valence-corrected chi connectivity index (χ1v) is 11.4. The molecule has 0 N–H and O–H groups in total. The average Bonchev–Trinajstić information content (AvgIpc) is 3.35. The van der Waals surface area contributed by atoms with Crippen molar-refractivity contribution in [1.29, 1.82) is 0 Å². The predicted octanol–water partition coefficient (Wildman–Crippen LogP) is 3.23. The third-order valence-corrected chi connectivity index (χ3v) is 6.44. The van der Waals surface area contributed by atoms with Gasteiger partial charge in [-0.05, 0) is 25.5 Å². The fourth-order valence-corrected chi connectivity index (χ4v) is 4.33. The number of rotatable bonds is 7. The molecule has 9 nitrogen and oxygen atoms in total. The summed E-state index contributed by atoms with van der Waals surface area (Å²) in [6, 6.07) is 7.44. The van der Waals surface area contributed by atoms with Gasteiger partial charge < -0.3 is 14.1 Å². The Bertz CT molecular complexity index is 1310. The molecule has 3 aromatic heterocycles. The monoisotopic (exact) mass is 467 g/mol. The van der Waals surface area contributed by atoms with Crippen LogP contribution in [0.25, 0.3) is 16.7 Å². The fraction of sp³-hybridized carbons (Fsp3) is 0.391. The van der Waals surface area contributed by atoms with E-state index in [2.05, 4.69) is 33.6 Å². The molecule has 0 unspecified atom stereocenters. The lowest BCUT2D eigenvalue weighted by molar-refractivity contribution is 0.0364. The maximum Gasteiger partial charge on any atom is 0.192 e. The van der Waals surface area contributed by atoms with Gasteiger partial charge in [0.1, 0.15) is 12.0 Å². The largest absolute Gasteiger partial charge is 0.387 e. The van der Waals surface area contributed by atoms with Crippen molar-refractivity contribution in [1.82, 2.24) is 29.0 Å². The van der Waals surface area contributed by atoms with Crippen molar-refractivity contribution in [2.24, 2.45) is 5.16 Å². The summed E-state index contributed by atoms with van der Waals surface area (Å²) in [6.07, 6.45) is 3.30. The van der Waals surface area contributed by atoms with E-state index in [0.29, 0.717) is 10.8 Å². The van der Waals surface area contributed by atoms with E-state index in [1.54, 1.807) is 17.1 Å². The molecule has 33 heavy (non-hydrogen) atoms. The van der Waals surface area contributed by atoms with Crippen LogP contribution < -0.4 is 0 Å². The molecule has 1 aliphatic heterocycles. The normalized spacial score (nSPS) is 15.2. The highest BCUT2D eigenvalue weighted by molar-refractivity contribution is 6.33. The molecule has 0 atom stereocenters. The second kappa shape index (κ2) is 9.46. The maximum absolute atomic E-state index is 6.13. The number of oxime groups is 1. The molecule has 0 aliphatic carbocycles. The summed E-state index contributed by atoms with van der Waals surface area (Å²) in [5.74, 6) is 0.540. The van der Waals surface area contributed by atoms with E-state index in [1.807, 2.05) is 24.3 Å². The van der Waals surface area contributed by atoms with Crippen LogP contribution in [0, 0.1) is 13.8 Å². The van der Waals surface area contributed by atoms with Crippen molar-refractivity contribution >= 4 is 34.5 Å². The van der Waals surface area contributed by atoms with Gasteiger partial charge in [-0.15, -0.1) is 5.10 Å². The quantitative estimate of drug-likeness (QED) is 0.306. The van der Waals surface area contributed by atoms with Gasteiger partial charge in [-0.25, -0.2) is 14.5 Å². The van der Waals surface area contributed by atoms with Crippen LogP contribution in [0.15, 0.2) is 35.7 Å². The summed E-state index contributed by atoms with van der Waals surface area (Å²) in [7, 11) is 0. The number of aromatic nitrogens is 5. The highest BCUT2D eigenvalue weighted by atomic mass is 35.5. The first-order valence-electron chi connectivity index (χ1n) is 11.0. The number of nitrogens with zero attached hydrogens (tertiary/aromatic N) is 7. The van der Waals surface area contributed by atoms with E-state index in [9.17, 15) is 0 Å². The molecule has 172 valence electrons. The molecule has 1 fully saturated rings. The van der Waals surface area contributed by atoms with Crippen LogP contribution in [-0.4, -0.2) is 68.1 Å². The number of morpholine rings is 1.